The zero-order chi connectivity index (χ0) is 19.0. The van der Waals surface area contributed by atoms with Gasteiger partial charge in [0.25, 0.3) is 0 Å². The minimum atomic E-state index is -0.510. The SMILES string of the molecule is CC1(c2ccccc2)CCC2(C)CC(O)(CCN3CCOCC3)CCN2C1. The lowest BCUT2D eigenvalue weighted by atomic mass is 9.65. The molecule has 1 aromatic rings. The van der Waals surface area contributed by atoms with Crippen LogP contribution < -0.4 is 0 Å². The molecular formula is C23H36N2O2. The van der Waals surface area contributed by atoms with Crippen LogP contribution in [-0.4, -0.2) is 72.0 Å². The summed E-state index contributed by atoms with van der Waals surface area (Å²) in [5.74, 6) is 0. The van der Waals surface area contributed by atoms with Crippen LogP contribution in [0.25, 0.3) is 0 Å². The van der Waals surface area contributed by atoms with Crippen LogP contribution in [0.5, 0.6) is 0 Å². The van der Waals surface area contributed by atoms with E-state index in [4.69, 9.17) is 4.74 Å². The Morgan fingerprint density at radius 3 is 2.48 bits per heavy atom. The Labute approximate surface area is 164 Å². The van der Waals surface area contributed by atoms with E-state index in [2.05, 4.69) is 54.0 Å². The van der Waals surface area contributed by atoms with Crippen molar-refractivity contribution in [1.29, 1.82) is 0 Å². The van der Waals surface area contributed by atoms with Crippen LogP contribution in [0.2, 0.25) is 0 Å². The summed E-state index contributed by atoms with van der Waals surface area (Å²) in [5, 5.41) is 11.4. The summed E-state index contributed by atoms with van der Waals surface area (Å²) in [6.45, 7) is 11.6. The zero-order valence-corrected chi connectivity index (χ0v) is 17.1. The number of aliphatic hydroxyl groups is 1. The first-order valence-corrected chi connectivity index (χ1v) is 10.7. The molecule has 3 fully saturated rings. The van der Waals surface area contributed by atoms with E-state index in [9.17, 15) is 5.11 Å². The van der Waals surface area contributed by atoms with Crippen molar-refractivity contribution in [2.24, 2.45) is 0 Å². The van der Waals surface area contributed by atoms with Crippen molar-refractivity contribution in [2.75, 3.05) is 45.9 Å². The number of benzene rings is 1. The zero-order valence-electron chi connectivity index (χ0n) is 17.1. The minimum absolute atomic E-state index is 0.131. The predicted molar refractivity (Wildman–Crippen MR) is 109 cm³/mol. The van der Waals surface area contributed by atoms with Gasteiger partial charge >= 0.3 is 0 Å². The Morgan fingerprint density at radius 2 is 1.74 bits per heavy atom. The number of morpholine rings is 1. The molecule has 0 radical (unpaired) electrons. The van der Waals surface area contributed by atoms with Gasteiger partial charge in [-0.3, -0.25) is 9.80 Å². The van der Waals surface area contributed by atoms with Crippen LogP contribution in [0.4, 0.5) is 0 Å². The molecule has 3 unspecified atom stereocenters. The summed E-state index contributed by atoms with van der Waals surface area (Å²) >= 11 is 0. The fourth-order valence-corrected chi connectivity index (χ4v) is 5.56. The highest BCUT2D eigenvalue weighted by molar-refractivity contribution is 5.27. The van der Waals surface area contributed by atoms with Gasteiger partial charge in [0.2, 0.25) is 0 Å². The molecule has 0 aliphatic carbocycles. The maximum atomic E-state index is 11.4. The van der Waals surface area contributed by atoms with Crippen molar-refractivity contribution in [3.63, 3.8) is 0 Å². The molecule has 0 spiro atoms. The molecule has 0 amide bonds. The van der Waals surface area contributed by atoms with Crippen molar-refractivity contribution < 1.29 is 9.84 Å². The summed E-state index contributed by atoms with van der Waals surface area (Å²) < 4.78 is 5.45. The minimum Gasteiger partial charge on any atom is -0.390 e. The van der Waals surface area contributed by atoms with E-state index < -0.39 is 5.60 Å². The van der Waals surface area contributed by atoms with Gasteiger partial charge in [0, 0.05) is 43.7 Å². The Bertz CT molecular complexity index is 633. The molecule has 3 aliphatic heterocycles. The van der Waals surface area contributed by atoms with Crippen LogP contribution in [0.1, 0.15) is 51.5 Å². The van der Waals surface area contributed by atoms with E-state index in [1.807, 2.05) is 0 Å². The Hall–Kier alpha value is -0.940. The summed E-state index contributed by atoms with van der Waals surface area (Å²) in [5.41, 5.74) is 1.31. The second kappa shape index (κ2) is 7.47. The normalized spacial score (nSPS) is 38.5. The molecule has 3 atom stereocenters. The van der Waals surface area contributed by atoms with Crippen molar-refractivity contribution in [3.05, 3.63) is 35.9 Å². The Kier molecular flexibility index (Phi) is 5.36. The fourth-order valence-electron chi connectivity index (χ4n) is 5.56. The number of hydrogen-bond acceptors (Lipinski definition) is 4. The quantitative estimate of drug-likeness (QED) is 0.881. The molecule has 27 heavy (non-hydrogen) atoms. The molecule has 4 nitrogen and oxygen atoms in total. The number of hydrogen-bond donors (Lipinski definition) is 1. The van der Waals surface area contributed by atoms with Gasteiger partial charge in [-0.15, -0.1) is 0 Å². The third kappa shape index (κ3) is 4.09. The van der Waals surface area contributed by atoms with E-state index in [1.165, 1.54) is 12.0 Å². The van der Waals surface area contributed by atoms with E-state index in [0.29, 0.717) is 0 Å². The lowest BCUT2D eigenvalue weighted by Crippen LogP contribution is -2.63. The maximum Gasteiger partial charge on any atom is 0.0689 e. The van der Waals surface area contributed by atoms with Gasteiger partial charge in [-0.25, -0.2) is 0 Å². The van der Waals surface area contributed by atoms with Crippen molar-refractivity contribution in [2.45, 2.75) is 62.5 Å². The monoisotopic (exact) mass is 372 g/mol. The number of piperidine rings is 2. The first-order valence-electron chi connectivity index (χ1n) is 10.7. The van der Waals surface area contributed by atoms with Crippen LogP contribution in [0.15, 0.2) is 30.3 Å². The second-order valence-electron chi connectivity index (χ2n) is 9.70. The van der Waals surface area contributed by atoms with Crippen LogP contribution in [-0.2, 0) is 10.2 Å². The van der Waals surface area contributed by atoms with E-state index in [-0.39, 0.29) is 11.0 Å². The highest BCUT2D eigenvalue weighted by Gasteiger charge is 2.50. The average molecular weight is 373 g/mol. The standard InChI is InChI=1S/C23H36N2O2/c1-21(20-6-4-3-5-7-20)8-9-22(2)18-23(26,11-13-25(22)19-21)10-12-24-14-16-27-17-15-24/h3-7,26H,8-19H2,1-2H3. The number of rotatable bonds is 4. The summed E-state index contributed by atoms with van der Waals surface area (Å²) in [7, 11) is 0. The number of ether oxygens (including phenoxy) is 1. The van der Waals surface area contributed by atoms with Crippen molar-refractivity contribution in [3.8, 4) is 0 Å². The Morgan fingerprint density at radius 1 is 1.00 bits per heavy atom. The smallest absolute Gasteiger partial charge is 0.0689 e. The third-order valence-corrected chi connectivity index (χ3v) is 7.54. The predicted octanol–water partition coefficient (Wildman–Crippen LogP) is 3.05. The summed E-state index contributed by atoms with van der Waals surface area (Å²) in [4.78, 5) is 5.12. The van der Waals surface area contributed by atoms with Gasteiger partial charge in [0.1, 0.15) is 0 Å². The van der Waals surface area contributed by atoms with Gasteiger partial charge in [-0.1, -0.05) is 37.3 Å². The lowest BCUT2D eigenvalue weighted by Gasteiger charge is -2.58. The van der Waals surface area contributed by atoms with Crippen LogP contribution >= 0.6 is 0 Å². The van der Waals surface area contributed by atoms with Gasteiger partial charge in [0.15, 0.2) is 0 Å². The number of fused-ring (bicyclic) bond motifs is 1. The molecule has 0 aromatic heterocycles. The molecular weight excluding hydrogens is 336 g/mol. The molecule has 1 aromatic carbocycles. The molecule has 0 bridgehead atoms. The fraction of sp³-hybridized carbons (Fsp3) is 0.739. The highest BCUT2D eigenvalue weighted by Crippen LogP contribution is 2.47. The molecule has 4 heteroatoms. The maximum absolute atomic E-state index is 11.4. The van der Waals surface area contributed by atoms with E-state index >= 15 is 0 Å². The third-order valence-electron chi connectivity index (χ3n) is 7.54. The summed E-state index contributed by atoms with van der Waals surface area (Å²) in [6, 6.07) is 11.0. The van der Waals surface area contributed by atoms with E-state index in [1.54, 1.807) is 0 Å². The second-order valence-corrected chi connectivity index (χ2v) is 9.70. The number of nitrogens with zero attached hydrogens (tertiary/aromatic N) is 2. The average Bonchev–Trinajstić information content (AvgIpc) is 2.69. The van der Waals surface area contributed by atoms with Crippen LogP contribution in [0, 0.1) is 0 Å². The van der Waals surface area contributed by atoms with Gasteiger partial charge in [0.05, 0.1) is 18.8 Å². The molecule has 3 aliphatic rings. The molecule has 1 N–H and O–H groups in total. The van der Waals surface area contributed by atoms with Gasteiger partial charge in [-0.2, -0.15) is 0 Å². The first-order chi connectivity index (χ1) is 12.9. The Balaban J connectivity index is 1.40. The molecule has 3 heterocycles. The topological polar surface area (TPSA) is 35.9 Å². The largest absolute Gasteiger partial charge is 0.390 e. The van der Waals surface area contributed by atoms with Gasteiger partial charge < -0.3 is 9.84 Å². The molecule has 0 saturated carbocycles. The lowest BCUT2D eigenvalue weighted by molar-refractivity contribution is -0.114. The van der Waals surface area contributed by atoms with Gasteiger partial charge in [-0.05, 0) is 44.6 Å². The first kappa shape index (κ1) is 19.4. The molecule has 150 valence electrons. The highest BCUT2D eigenvalue weighted by atomic mass is 16.5. The summed E-state index contributed by atoms with van der Waals surface area (Å²) in [6.07, 6.45) is 5.07. The molecule has 3 saturated heterocycles. The van der Waals surface area contributed by atoms with E-state index in [0.717, 1.165) is 71.6 Å². The molecule has 4 rings (SSSR count). The van der Waals surface area contributed by atoms with Crippen molar-refractivity contribution in [1.82, 2.24) is 9.80 Å². The van der Waals surface area contributed by atoms with Crippen LogP contribution in [0.3, 0.4) is 0 Å². The van der Waals surface area contributed by atoms with Crippen molar-refractivity contribution >= 4 is 0 Å².